The maximum absolute atomic E-state index is 12.4. The number of benzene rings is 1. The molecule has 2 aromatic rings. The molecule has 2 rings (SSSR count). The van der Waals surface area contributed by atoms with Crippen LogP contribution in [0.3, 0.4) is 0 Å². The van der Waals surface area contributed by atoms with Gasteiger partial charge in [-0.2, -0.15) is 0 Å². The molecule has 1 amide bonds. The van der Waals surface area contributed by atoms with Gasteiger partial charge in [0.15, 0.2) is 0 Å². The number of hydrogen-bond donors (Lipinski definition) is 3. The molecule has 0 aliphatic carbocycles. The highest BCUT2D eigenvalue weighted by Crippen LogP contribution is 2.24. The van der Waals surface area contributed by atoms with E-state index in [0.717, 1.165) is 5.56 Å². The van der Waals surface area contributed by atoms with Gasteiger partial charge in [0.05, 0.1) is 24.8 Å². The monoisotopic (exact) mass is 469 g/mol. The fourth-order valence-corrected chi connectivity index (χ4v) is 3.86. The summed E-state index contributed by atoms with van der Waals surface area (Å²) in [5.74, 6) is -0.365. The lowest BCUT2D eigenvalue weighted by Gasteiger charge is -2.23. The number of amides is 1. The zero-order valence-electron chi connectivity index (χ0n) is 17.8. The Kier molecular flexibility index (Phi) is 8.81. The average molecular weight is 470 g/mol. The van der Waals surface area contributed by atoms with E-state index < -0.39 is 28.6 Å². The van der Waals surface area contributed by atoms with Gasteiger partial charge in [0, 0.05) is 11.1 Å². The molecule has 1 atom stereocenters. The minimum atomic E-state index is -2.74. The molecule has 0 aliphatic rings. The first-order valence-corrected chi connectivity index (χ1v) is 11.7. The molecule has 0 fully saturated rings. The number of thiol groups is 1. The van der Waals surface area contributed by atoms with Crippen LogP contribution in [0.1, 0.15) is 50.0 Å². The van der Waals surface area contributed by atoms with E-state index in [1.54, 1.807) is 57.3 Å². The number of carbonyl (C=O) groups is 2. The van der Waals surface area contributed by atoms with E-state index in [-0.39, 0.29) is 12.4 Å². The van der Waals surface area contributed by atoms with Crippen molar-refractivity contribution in [3.63, 3.8) is 0 Å². The van der Waals surface area contributed by atoms with Gasteiger partial charge in [-0.1, -0.05) is 12.1 Å². The van der Waals surface area contributed by atoms with Crippen LogP contribution >= 0.6 is 11.3 Å². The van der Waals surface area contributed by atoms with Gasteiger partial charge in [0.1, 0.15) is 10.6 Å². The Morgan fingerprint density at radius 2 is 1.87 bits per heavy atom. The highest BCUT2D eigenvalue weighted by molar-refractivity contribution is 7.73. The lowest BCUT2D eigenvalue weighted by molar-refractivity contribution is -0.142. The molecule has 0 radical (unpaired) electrons. The summed E-state index contributed by atoms with van der Waals surface area (Å²) in [5.41, 5.74) is 1.21. The third-order valence-corrected chi connectivity index (χ3v) is 5.25. The highest BCUT2D eigenvalue weighted by Gasteiger charge is 2.23. The van der Waals surface area contributed by atoms with Crippen LogP contribution in [0.2, 0.25) is 0 Å². The third kappa shape index (κ3) is 8.93. The molecule has 1 aromatic carbocycles. The topological polar surface area (TPSA) is 124 Å². The predicted molar refractivity (Wildman–Crippen MR) is 119 cm³/mol. The van der Waals surface area contributed by atoms with Gasteiger partial charge >= 0.3 is 12.1 Å². The van der Waals surface area contributed by atoms with Gasteiger partial charge in [-0.15, -0.1) is 11.3 Å². The molecule has 31 heavy (non-hydrogen) atoms. The van der Waals surface area contributed by atoms with E-state index in [4.69, 9.17) is 9.47 Å². The van der Waals surface area contributed by atoms with Crippen LogP contribution in [0, 0.1) is 0 Å². The number of carbonyl (C=O) groups excluding carboxylic acids is 2. The molecular formula is C20H27N3O6S2. The molecule has 0 unspecified atom stereocenters. The minimum absolute atomic E-state index is 0.0528. The number of nitrogens with zero attached hydrogens (tertiary/aromatic N) is 1. The van der Waals surface area contributed by atoms with E-state index >= 15 is 0 Å². The van der Waals surface area contributed by atoms with Crippen molar-refractivity contribution in [2.75, 3.05) is 11.3 Å². The van der Waals surface area contributed by atoms with Crippen molar-refractivity contribution >= 4 is 40.0 Å². The summed E-state index contributed by atoms with van der Waals surface area (Å²) in [4.78, 5) is 28.6. The summed E-state index contributed by atoms with van der Waals surface area (Å²) in [6.45, 7) is 7.35. The molecule has 9 nitrogen and oxygen atoms in total. The fourth-order valence-electron chi connectivity index (χ4n) is 2.63. The Balaban J connectivity index is 2.19. The van der Waals surface area contributed by atoms with Crippen LogP contribution in [0.15, 0.2) is 29.6 Å². The van der Waals surface area contributed by atoms with E-state index in [1.807, 2.05) is 0 Å². The van der Waals surface area contributed by atoms with Crippen molar-refractivity contribution < 1.29 is 27.5 Å². The maximum atomic E-state index is 12.4. The minimum Gasteiger partial charge on any atom is -0.466 e. The van der Waals surface area contributed by atoms with Crippen molar-refractivity contribution in [3.05, 3.63) is 45.9 Å². The molecular weight excluding hydrogens is 442 g/mol. The summed E-state index contributed by atoms with van der Waals surface area (Å²) in [6.07, 6.45) is -0.131. The van der Waals surface area contributed by atoms with Gasteiger partial charge in [0.2, 0.25) is 10.9 Å². The Labute approximate surface area is 187 Å². The second-order valence-corrected chi connectivity index (χ2v) is 9.26. The molecule has 2 N–H and O–H groups in total. The lowest BCUT2D eigenvalue weighted by atomic mass is 10.1. The summed E-state index contributed by atoms with van der Waals surface area (Å²) >= 11 is 1.33. The van der Waals surface area contributed by atoms with E-state index in [9.17, 15) is 18.0 Å². The zero-order chi connectivity index (χ0) is 23.0. The second kappa shape index (κ2) is 11.1. The largest absolute Gasteiger partial charge is 0.466 e. The predicted octanol–water partition coefficient (Wildman–Crippen LogP) is 3.00. The smallest absolute Gasteiger partial charge is 0.408 e. The molecule has 0 saturated carbocycles. The van der Waals surface area contributed by atoms with E-state index in [2.05, 4.69) is 15.0 Å². The SMILES string of the molecule is CCOC(=O)Cc1csc([C@H](Cc2ccc(N[SH](=O)=O)cc2)NC(=O)OC(C)(C)C)n1. The number of rotatable bonds is 9. The number of nitrogens with one attached hydrogen (secondary N) is 2. The van der Waals surface area contributed by atoms with E-state index in [1.165, 1.54) is 11.3 Å². The van der Waals surface area contributed by atoms with Crippen LogP contribution in [0.5, 0.6) is 0 Å². The first-order valence-electron chi connectivity index (χ1n) is 9.65. The molecule has 170 valence electrons. The number of thiazole rings is 1. The lowest BCUT2D eigenvalue weighted by Crippen LogP contribution is -2.35. The third-order valence-electron chi connectivity index (χ3n) is 3.80. The number of esters is 1. The first kappa shape index (κ1) is 24.6. The first-order chi connectivity index (χ1) is 14.6. The van der Waals surface area contributed by atoms with Crippen LogP contribution in [0.4, 0.5) is 10.5 Å². The molecule has 1 heterocycles. The molecule has 11 heteroatoms. The average Bonchev–Trinajstić information content (AvgIpc) is 3.09. The molecule has 1 aromatic heterocycles. The number of anilines is 1. The van der Waals surface area contributed by atoms with Crippen molar-refractivity contribution in [1.29, 1.82) is 0 Å². The number of ether oxygens (including phenoxy) is 2. The number of hydrogen-bond acceptors (Lipinski definition) is 8. The molecule has 0 spiro atoms. The molecule has 0 bridgehead atoms. The number of aromatic nitrogens is 1. The van der Waals surface area contributed by atoms with Crippen LogP contribution < -0.4 is 10.0 Å². The van der Waals surface area contributed by atoms with Gasteiger partial charge < -0.3 is 14.8 Å². The van der Waals surface area contributed by atoms with Crippen molar-refractivity contribution in [2.24, 2.45) is 0 Å². The standard InChI is InChI=1S/C20H27N3O6S2/c1-5-28-17(24)11-15-12-30-18(21-15)16(22-19(25)29-20(2,3)4)10-13-6-8-14(9-7-13)23-31(26)27/h6-9,12,16,31H,5,10-11H2,1-4H3,(H,22,25)(H,23,26,27)/t16-/m0/s1. The summed E-state index contributed by atoms with van der Waals surface area (Å²) in [6, 6.07) is 6.31. The summed E-state index contributed by atoms with van der Waals surface area (Å²) in [5, 5.41) is 5.21. The van der Waals surface area contributed by atoms with Gasteiger partial charge in [-0.3, -0.25) is 9.52 Å². The number of alkyl carbamates (subject to hydrolysis) is 1. The Morgan fingerprint density at radius 1 is 1.19 bits per heavy atom. The van der Waals surface area contributed by atoms with Gasteiger partial charge in [0.25, 0.3) is 0 Å². The fraction of sp³-hybridized carbons (Fsp3) is 0.450. The Morgan fingerprint density at radius 3 is 2.45 bits per heavy atom. The quantitative estimate of drug-likeness (QED) is 0.381. The van der Waals surface area contributed by atoms with Gasteiger partial charge in [-0.05, 0) is 51.8 Å². The van der Waals surface area contributed by atoms with Crippen LogP contribution in [0.25, 0.3) is 0 Å². The van der Waals surface area contributed by atoms with Crippen molar-refractivity contribution in [3.8, 4) is 0 Å². The van der Waals surface area contributed by atoms with Crippen LogP contribution in [-0.2, 0) is 38.0 Å². The zero-order valence-corrected chi connectivity index (χ0v) is 19.5. The van der Waals surface area contributed by atoms with Gasteiger partial charge in [-0.25, -0.2) is 18.2 Å². The van der Waals surface area contributed by atoms with Crippen molar-refractivity contribution in [2.45, 2.75) is 52.2 Å². The Bertz CT molecular complexity index is 956. The normalized spacial score (nSPS) is 12.3. The highest BCUT2D eigenvalue weighted by atomic mass is 32.2. The van der Waals surface area contributed by atoms with E-state index in [0.29, 0.717) is 29.4 Å². The Hall–Kier alpha value is -2.66. The second-order valence-electron chi connectivity index (χ2n) is 7.63. The maximum Gasteiger partial charge on any atom is 0.408 e. The molecule has 0 saturated heterocycles. The van der Waals surface area contributed by atoms with Crippen LogP contribution in [-0.4, -0.2) is 37.7 Å². The summed E-state index contributed by atoms with van der Waals surface area (Å²) < 4.78 is 34.2. The summed E-state index contributed by atoms with van der Waals surface area (Å²) in [7, 11) is -2.74. The van der Waals surface area contributed by atoms with Crippen molar-refractivity contribution in [1.82, 2.24) is 10.3 Å². The molecule has 0 aliphatic heterocycles.